The van der Waals surface area contributed by atoms with E-state index in [-0.39, 0.29) is 5.56 Å². The molecule has 0 aliphatic carbocycles. The normalized spacial score (nSPS) is 19.3. The van der Waals surface area contributed by atoms with E-state index in [2.05, 4.69) is 0 Å². The van der Waals surface area contributed by atoms with Gasteiger partial charge in [-0.3, -0.25) is 4.79 Å². The zero-order valence-corrected chi connectivity index (χ0v) is 12.4. The lowest BCUT2D eigenvalue weighted by atomic mass is 10.00. The predicted molar refractivity (Wildman–Crippen MR) is 78.4 cm³/mol. The van der Waals surface area contributed by atoms with Crippen molar-refractivity contribution in [3.8, 4) is 23.0 Å². The van der Waals surface area contributed by atoms with Crippen LogP contribution in [0.5, 0.6) is 23.0 Å². The second-order valence-corrected chi connectivity index (χ2v) is 7.28. The molecule has 8 heteroatoms. The maximum Gasteiger partial charge on any atom is 0.190 e. The first-order chi connectivity index (χ1) is 10.7. The van der Waals surface area contributed by atoms with Crippen LogP contribution in [0.25, 0.3) is 0 Å². The number of benzene rings is 2. The van der Waals surface area contributed by atoms with E-state index in [0.717, 1.165) is 24.3 Å². The molecular weight excluding hydrogens is 324 g/mol. The molecule has 7 nitrogen and oxygen atoms in total. The van der Waals surface area contributed by atoms with Crippen LogP contribution >= 0.6 is 0 Å². The van der Waals surface area contributed by atoms with Crippen molar-refractivity contribution in [2.24, 2.45) is 0 Å². The second kappa shape index (κ2) is 4.88. The molecule has 0 fully saturated rings. The maximum absolute atomic E-state index is 12.8. The van der Waals surface area contributed by atoms with Gasteiger partial charge in [0.1, 0.15) is 16.4 Å². The number of hydrogen-bond acceptors (Lipinski definition) is 7. The van der Waals surface area contributed by atoms with Gasteiger partial charge in [0, 0.05) is 6.42 Å². The molecule has 23 heavy (non-hydrogen) atoms. The first-order valence-corrected chi connectivity index (χ1v) is 8.12. The van der Waals surface area contributed by atoms with E-state index in [0.29, 0.717) is 0 Å². The highest BCUT2D eigenvalue weighted by Gasteiger charge is 2.42. The van der Waals surface area contributed by atoms with Crippen molar-refractivity contribution in [1.29, 1.82) is 0 Å². The van der Waals surface area contributed by atoms with Crippen LogP contribution < -0.4 is 0 Å². The minimum absolute atomic E-state index is 0.0991. The van der Waals surface area contributed by atoms with Crippen molar-refractivity contribution in [1.82, 2.24) is 0 Å². The third kappa shape index (κ3) is 2.18. The number of rotatable bonds is 1. The monoisotopic (exact) mass is 336 g/mol. The summed E-state index contributed by atoms with van der Waals surface area (Å²) in [4.78, 5) is 11.6. The highest BCUT2D eigenvalue weighted by molar-refractivity contribution is 7.92. The number of hydrogen-bond donors (Lipinski definition) is 4. The number of carbonyl (C=O) groups is 1. The Morgan fingerprint density at radius 3 is 2.13 bits per heavy atom. The lowest BCUT2D eigenvalue weighted by Gasteiger charge is -2.25. The van der Waals surface area contributed by atoms with Crippen LogP contribution in [0.1, 0.15) is 27.6 Å². The largest absolute Gasteiger partial charge is 0.507 e. The van der Waals surface area contributed by atoms with Gasteiger partial charge in [-0.2, -0.15) is 0 Å². The van der Waals surface area contributed by atoms with E-state index >= 15 is 0 Å². The topological polar surface area (TPSA) is 132 Å². The molecule has 1 aliphatic heterocycles. The van der Waals surface area contributed by atoms with Crippen molar-refractivity contribution >= 4 is 15.6 Å². The van der Waals surface area contributed by atoms with Gasteiger partial charge in [-0.25, -0.2) is 8.42 Å². The zero-order valence-electron chi connectivity index (χ0n) is 11.6. The Balaban J connectivity index is 2.25. The van der Waals surface area contributed by atoms with Gasteiger partial charge < -0.3 is 20.4 Å². The van der Waals surface area contributed by atoms with E-state index in [4.69, 9.17) is 0 Å². The average molecular weight is 336 g/mol. The number of fused-ring (bicyclic) bond motifs is 1. The molecular formula is C15H12O7S. The Bertz CT molecular complexity index is 931. The molecule has 0 bridgehead atoms. The van der Waals surface area contributed by atoms with Crippen LogP contribution in [0.4, 0.5) is 0 Å². The zero-order chi connectivity index (χ0) is 16.9. The van der Waals surface area contributed by atoms with Gasteiger partial charge in [-0.1, -0.05) is 6.07 Å². The first-order valence-electron chi connectivity index (χ1n) is 6.57. The summed E-state index contributed by atoms with van der Waals surface area (Å²) >= 11 is 0. The van der Waals surface area contributed by atoms with Gasteiger partial charge in [0.05, 0.1) is 10.8 Å². The van der Waals surface area contributed by atoms with E-state index in [1.165, 1.54) is 6.07 Å². The number of carbonyl (C=O) groups excluding carboxylic acids is 1. The van der Waals surface area contributed by atoms with Crippen molar-refractivity contribution in [2.75, 3.05) is 0 Å². The summed E-state index contributed by atoms with van der Waals surface area (Å²) in [5.74, 6) is -2.72. The molecule has 0 spiro atoms. The molecule has 2 aromatic carbocycles. The Labute approximate surface area is 131 Å². The Kier molecular flexibility index (Phi) is 3.22. The molecule has 0 aromatic heterocycles. The highest BCUT2D eigenvalue weighted by atomic mass is 32.2. The molecule has 0 radical (unpaired) electrons. The Hall–Kier alpha value is -2.74. The third-order valence-corrected chi connectivity index (χ3v) is 5.97. The van der Waals surface area contributed by atoms with E-state index in [1.54, 1.807) is 0 Å². The van der Waals surface area contributed by atoms with E-state index in [9.17, 15) is 33.6 Å². The molecule has 1 atom stereocenters. The lowest BCUT2D eigenvalue weighted by molar-refractivity contribution is 0.0970. The van der Waals surface area contributed by atoms with Crippen molar-refractivity contribution in [3.63, 3.8) is 0 Å². The van der Waals surface area contributed by atoms with Crippen LogP contribution in [0.3, 0.4) is 0 Å². The molecule has 2 aromatic rings. The minimum atomic E-state index is -4.18. The molecule has 3 rings (SSSR count). The molecule has 0 saturated heterocycles. The standard InChI is InChI=1S/C15H12O7S/c16-8-2-1-7(5-11(8)19)13-6-12(20)14-9(17)3-4-10(18)15(14)23(13,21)22/h1-5,13,16-19H,6H2. The summed E-state index contributed by atoms with van der Waals surface area (Å²) < 4.78 is 25.5. The molecule has 0 saturated carbocycles. The lowest BCUT2D eigenvalue weighted by Crippen LogP contribution is -2.25. The van der Waals surface area contributed by atoms with Gasteiger partial charge in [0.2, 0.25) is 0 Å². The number of ketones is 1. The summed E-state index contributed by atoms with van der Waals surface area (Å²) in [5.41, 5.74) is -0.328. The SMILES string of the molecule is O=C1CC(c2ccc(O)c(O)c2)S(=O)(=O)c2c(O)ccc(O)c21. The molecule has 1 aliphatic rings. The van der Waals surface area contributed by atoms with E-state index < -0.39 is 60.7 Å². The van der Waals surface area contributed by atoms with Gasteiger partial charge in [-0.15, -0.1) is 0 Å². The molecule has 1 unspecified atom stereocenters. The molecule has 120 valence electrons. The van der Waals surface area contributed by atoms with Crippen LogP contribution in [0.15, 0.2) is 35.2 Å². The number of Topliss-reactive ketones (excluding diaryl/α,β-unsaturated/α-hetero) is 1. The predicted octanol–water partition coefficient (Wildman–Crippen LogP) is 1.61. The summed E-state index contributed by atoms with van der Waals surface area (Å²) in [6, 6.07) is 5.48. The van der Waals surface area contributed by atoms with Gasteiger partial charge in [-0.05, 0) is 29.8 Å². The quantitative estimate of drug-likeness (QED) is 0.459. The van der Waals surface area contributed by atoms with Crippen molar-refractivity contribution in [2.45, 2.75) is 16.6 Å². The average Bonchev–Trinajstić information content (AvgIpc) is 2.48. The maximum atomic E-state index is 12.8. The van der Waals surface area contributed by atoms with Crippen LogP contribution in [0.2, 0.25) is 0 Å². The van der Waals surface area contributed by atoms with Crippen LogP contribution in [-0.2, 0) is 9.84 Å². The molecule has 1 heterocycles. The first kappa shape index (κ1) is 15.2. The number of aromatic hydroxyl groups is 4. The fraction of sp³-hybridized carbons (Fsp3) is 0.133. The fourth-order valence-corrected chi connectivity index (χ4v) is 4.70. The van der Waals surface area contributed by atoms with Gasteiger partial charge >= 0.3 is 0 Å². The summed E-state index contributed by atoms with van der Waals surface area (Å²) in [7, 11) is -4.18. The second-order valence-electron chi connectivity index (χ2n) is 5.22. The number of phenolic OH excluding ortho intramolecular Hbond substituents is 4. The van der Waals surface area contributed by atoms with E-state index in [1.807, 2.05) is 0 Å². The van der Waals surface area contributed by atoms with Crippen molar-refractivity contribution < 1.29 is 33.6 Å². The highest BCUT2D eigenvalue weighted by Crippen LogP contribution is 2.46. The molecule has 4 N–H and O–H groups in total. The van der Waals surface area contributed by atoms with Gasteiger partial charge in [0.15, 0.2) is 27.1 Å². The van der Waals surface area contributed by atoms with Crippen molar-refractivity contribution in [3.05, 3.63) is 41.5 Å². The number of phenols is 4. The summed E-state index contributed by atoms with van der Waals surface area (Å²) in [6.07, 6.45) is -0.448. The summed E-state index contributed by atoms with van der Waals surface area (Å²) in [6.45, 7) is 0. The minimum Gasteiger partial charge on any atom is -0.507 e. The smallest absolute Gasteiger partial charge is 0.190 e. The Morgan fingerprint density at radius 1 is 0.870 bits per heavy atom. The third-order valence-electron chi connectivity index (χ3n) is 3.79. The van der Waals surface area contributed by atoms with Gasteiger partial charge in [0.25, 0.3) is 0 Å². The molecule has 0 amide bonds. The Morgan fingerprint density at radius 2 is 1.48 bits per heavy atom. The fourth-order valence-electron chi connectivity index (χ4n) is 2.68. The summed E-state index contributed by atoms with van der Waals surface area (Å²) in [5, 5.41) is 37.1. The number of sulfone groups is 1. The van der Waals surface area contributed by atoms with Crippen LogP contribution in [0, 0.1) is 0 Å². The van der Waals surface area contributed by atoms with Crippen LogP contribution in [-0.4, -0.2) is 34.6 Å².